The molecule has 2 rings (SSSR count). The first-order valence-corrected chi connectivity index (χ1v) is 6.27. The average molecular weight is 295 g/mol. The van der Waals surface area contributed by atoms with Gasteiger partial charge >= 0.3 is 0 Å². The van der Waals surface area contributed by atoms with Gasteiger partial charge < -0.3 is 10.1 Å². The molecule has 0 saturated carbocycles. The van der Waals surface area contributed by atoms with Crippen molar-refractivity contribution in [3.05, 3.63) is 53.4 Å². The first-order valence-electron chi connectivity index (χ1n) is 5.90. The minimum absolute atomic E-state index is 0.0271. The van der Waals surface area contributed by atoms with E-state index in [1.54, 1.807) is 24.3 Å². The van der Waals surface area contributed by atoms with Crippen LogP contribution in [-0.4, -0.2) is 17.0 Å². The lowest BCUT2D eigenvalue weighted by Crippen LogP contribution is -2.30. The Labute approximate surface area is 120 Å². The topological polar surface area (TPSA) is 51.2 Å². The molecule has 0 radical (unpaired) electrons. The molecular weight excluding hydrogens is 283 g/mol. The molecule has 1 aromatic carbocycles. The van der Waals surface area contributed by atoms with Gasteiger partial charge in [-0.15, -0.1) is 0 Å². The van der Waals surface area contributed by atoms with Crippen molar-refractivity contribution in [1.29, 1.82) is 0 Å². The number of carbonyl (C=O) groups excluding carboxylic acids is 1. The summed E-state index contributed by atoms with van der Waals surface area (Å²) in [6.45, 7) is 1.53. The summed E-state index contributed by atoms with van der Waals surface area (Å²) in [5, 5.41) is 3.02. The molecule has 1 atom stereocenters. The van der Waals surface area contributed by atoms with E-state index in [4.69, 9.17) is 16.3 Å². The zero-order valence-electron chi connectivity index (χ0n) is 10.6. The van der Waals surface area contributed by atoms with Crippen molar-refractivity contribution in [1.82, 2.24) is 4.98 Å². The zero-order chi connectivity index (χ0) is 14.5. The molecule has 2 aromatic rings. The second kappa shape index (κ2) is 6.34. The molecule has 0 aliphatic carbocycles. The van der Waals surface area contributed by atoms with Crippen LogP contribution in [-0.2, 0) is 4.79 Å². The van der Waals surface area contributed by atoms with Crippen molar-refractivity contribution >= 4 is 23.3 Å². The zero-order valence-corrected chi connectivity index (χ0v) is 11.4. The van der Waals surface area contributed by atoms with Gasteiger partial charge in [-0.25, -0.2) is 9.37 Å². The molecule has 1 aromatic heterocycles. The Bertz CT molecular complexity index is 604. The molecule has 0 saturated heterocycles. The van der Waals surface area contributed by atoms with Gasteiger partial charge in [-0.2, -0.15) is 0 Å². The van der Waals surface area contributed by atoms with Gasteiger partial charge in [0.1, 0.15) is 5.82 Å². The van der Waals surface area contributed by atoms with Gasteiger partial charge in [0.15, 0.2) is 17.7 Å². The lowest BCUT2D eigenvalue weighted by Gasteiger charge is -2.14. The Morgan fingerprint density at radius 3 is 2.75 bits per heavy atom. The van der Waals surface area contributed by atoms with Crippen LogP contribution in [0.1, 0.15) is 6.92 Å². The molecule has 0 fully saturated rings. The molecule has 6 heteroatoms. The summed E-state index contributed by atoms with van der Waals surface area (Å²) in [5.74, 6) is -0.567. The maximum atomic E-state index is 13.4. The number of hydrogen-bond donors (Lipinski definition) is 1. The largest absolute Gasteiger partial charge is 0.478 e. The summed E-state index contributed by atoms with van der Waals surface area (Å²) in [7, 11) is 0. The molecule has 0 unspecified atom stereocenters. The maximum Gasteiger partial charge on any atom is 0.266 e. The SMILES string of the molecule is C[C@H](Oc1ccccc1F)C(=O)Nc1ccc(Cl)cn1. The number of para-hydroxylation sites is 1. The highest BCUT2D eigenvalue weighted by atomic mass is 35.5. The molecule has 104 valence electrons. The third kappa shape index (κ3) is 3.68. The van der Waals surface area contributed by atoms with E-state index in [0.29, 0.717) is 10.8 Å². The molecule has 1 N–H and O–H groups in total. The highest BCUT2D eigenvalue weighted by molar-refractivity contribution is 6.30. The van der Waals surface area contributed by atoms with Crippen LogP contribution in [0.25, 0.3) is 0 Å². The summed E-state index contributed by atoms with van der Waals surface area (Å²) < 4.78 is 18.7. The van der Waals surface area contributed by atoms with Crippen molar-refractivity contribution in [2.24, 2.45) is 0 Å². The van der Waals surface area contributed by atoms with Crippen molar-refractivity contribution in [3.63, 3.8) is 0 Å². The number of hydrogen-bond acceptors (Lipinski definition) is 3. The van der Waals surface area contributed by atoms with E-state index < -0.39 is 17.8 Å². The normalized spacial score (nSPS) is 11.8. The van der Waals surface area contributed by atoms with E-state index in [2.05, 4.69) is 10.3 Å². The van der Waals surface area contributed by atoms with Crippen LogP contribution in [0, 0.1) is 5.82 Å². The second-order valence-electron chi connectivity index (χ2n) is 4.04. The lowest BCUT2D eigenvalue weighted by molar-refractivity contribution is -0.122. The minimum atomic E-state index is -0.857. The highest BCUT2D eigenvalue weighted by Gasteiger charge is 2.16. The van der Waals surface area contributed by atoms with Gasteiger partial charge in [0.2, 0.25) is 0 Å². The third-order valence-corrected chi connectivity index (χ3v) is 2.71. The van der Waals surface area contributed by atoms with Gasteiger partial charge in [0.05, 0.1) is 5.02 Å². The number of benzene rings is 1. The summed E-state index contributed by atoms with van der Waals surface area (Å²) in [6, 6.07) is 9.07. The molecule has 0 spiro atoms. The predicted octanol–water partition coefficient (Wildman–Crippen LogP) is 3.28. The standard InChI is InChI=1S/C14H12ClFN2O2/c1-9(20-12-5-3-2-4-11(12)16)14(19)18-13-7-6-10(15)8-17-13/h2-9H,1H3,(H,17,18,19)/t9-/m0/s1. The summed E-state index contributed by atoms with van der Waals surface area (Å²) in [6.07, 6.45) is 0.559. The van der Waals surface area contributed by atoms with Gasteiger partial charge in [0, 0.05) is 6.20 Å². The Morgan fingerprint density at radius 1 is 1.35 bits per heavy atom. The van der Waals surface area contributed by atoms with Crippen molar-refractivity contribution in [2.75, 3.05) is 5.32 Å². The Hall–Kier alpha value is -2.14. The number of rotatable bonds is 4. The fourth-order valence-corrected chi connectivity index (χ4v) is 1.57. The monoisotopic (exact) mass is 294 g/mol. The van der Waals surface area contributed by atoms with Crippen molar-refractivity contribution < 1.29 is 13.9 Å². The second-order valence-corrected chi connectivity index (χ2v) is 4.48. The summed E-state index contributed by atoms with van der Waals surface area (Å²) >= 11 is 5.69. The van der Waals surface area contributed by atoms with Crippen molar-refractivity contribution in [3.8, 4) is 5.75 Å². The smallest absolute Gasteiger partial charge is 0.266 e. The van der Waals surface area contributed by atoms with E-state index in [1.165, 1.54) is 25.3 Å². The number of nitrogens with zero attached hydrogens (tertiary/aromatic N) is 1. The average Bonchev–Trinajstić information content (AvgIpc) is 2.44. The Balaban J connectivity index is 1.99. The number of anilines is 1. The summed E-state index contributed by atoms with van der Waals surface area (Å²) in [4.78, 5) is 15.8. The highest BCUT2D eigenvalue weighted by Crippen LogP contribution is 2.17. The van der Waals surface area contributed by atoms with E-state index in [-0.39, 0.29) is 5.75 Å². The molecule has 0 bridgehead atoms. The van der Waals surface area contributed by atoms with Crippen LogP contribution in [0.3, 0.4) is 0 Å². The fourth-order valence-electron chi connectivity index (χ4n) is 1.46. The molecule has 1 heterocycles. The quantitative estimate of drug-likeness (QED) is 0.941. The fraction of sp³-hybridized carbons (Fsp3) is 0.143. The minimum Gasteiger partial charge on any atom is -0.478 e. The van der Waals surface area contributed by atoms with Crippen LogP contribution >= 0.6 is 11.6 Å². The third-order valence-electron chi connectivity index (χ3n) is 2.49. The van der Waals surface area contributed by atoms with Gasteiger partial charge in [-0.1, -0.05) is 23.7 Å². The van der Waals surface area contributed by atoms with Crippen LogP contribution in [0.4, 0.5) is 10.2 Å². The van der Waals surface area contributed by atoms with Crippen molar-refractivity contribution in [2.45, 2.75) is 13.0 Å². The van der Waals surface area contributed by atoms with Gasteiger partial charge in [-0.3, -0.25) is 4.79 Å². The molecule has 4 nitrogen and oxygen atoms in total. The first-order chi connectivity index (χ1) is 9.56. The molecule has 1 amide bonds. The number of amides is 1. The molecule has 0 aliphatic rings. The molecule has 0 aliphatic heterocycles. The number of carbonyl (C=O) groups is 1. The van der Waals surface area contributed by atoms with Crippen LogP contribution in [0.5, 0.6) is 5.75 Å². The van der Waals surface area contributed by atoms with Crippen LogP contribution in [0.2, 0.25) is 5.02 Å². The van der Waals surface area contributed by atoms with E-state index in [9.17, 15) is 9.18 Å². The number of pyridine rings is 1. The number of halogens is 2. The predicted molar refractivity (Wildman–Crippen MR) is 74.4 cm³/mol. The maximum absolute atomic E-state index is 13.4. The molecular formula is C14H12ClFN2O2. The lowest BCUT2D eigenvalue weighted by atomic mass is 10.3. The number of ether oxygens (including phenoxy) is 1. The first kappa shape index (κ1) is 14.3. The van der Waals surface area contributed by atoms with Gasteiger partial charge in [-0.05, 0) is 31.2 Å². The van der Waals surface area contributed by atoms with Crippen LogP contribution in [0.15, 0.2) is 42.6 Å². The van der Waals surface area contributed by atoms with Gasteiger partial charge in [0.25, 0.3) is 5.91 Å². The van der Waals surface area contributed by atoms with Crippen LogP contribution < -0.4 is 10.1 Å². The van der Waals surface area contributed by atoms with E-state index >= 15 is 0 Å². The van der Waals surface area contributed by atoms with E-state index in [0.717, 1.165) is 0 Å². The Kier molecular flexibility index (Phi) is 4.53. The molecule has 20 heavy (non-hydrogen) atoms. The Morgan fingerprint density at radius 2 is 2.10 bits per heavy atom. The summed E-state index contributed by atoms with van der Waals surface area (Å²) in [5.41, 5.74) is 0. The number of nitrogens with one attached hydrogen (secondary N) is 1. The number of aromatic nitrogens is 1. The van der Waals surface area contributed by atoms with E-state index in [1.807, 2.05) is 0 Å².